The summed E-state index contributed by atoms with van der Waals surface area (Å²) in [5.74, 6) is -0.253. The Morgan fingerprint density at radius 1 is 1.08 bits per heavy atom. The Morgan fingerprint density at radius 2 is 1.71 bits per heavy atom. The van der Waals surface area contributed by atoms with Gasteiger partial charge in [-0.3, -0.25) is 4.79 Å². The number of rotatable bonds is 2. The number of aryl methyl sites for hydroxylation is 1. The predicted octanol–water partition coefficient (Wildman–Crippen LogP) is 2.83. The van der Waals surface area contributed by atoms with Gasteiger partial charge in [0.15, 0.2) is 0 Å². The maximum atomic E-state index is 12.6. The molecular weight excluding hydrogens is 341 g/mol. The first-order valence-corrected chi connectivity index (χ1v) is 8.18. The number of alkyl halides is 3. The highest BCUT2D eigenvalue weighted by Crippen LogP contribution is 2.29. The molecule has 1 aliphatic rings. The SMILES string of the molecule is Cc1nnc(N2CCN(C(=O)c3ccc(C(F)(F)F)cc3)CC2)s1. The van der Waals surface area contributed by atoms with Crippen LogP contribution in [0, 0.1) is 6.92 Å². The summed E-state index contributed by atoms with van der Waals surface area (Å²) in [7, 11) is 0. The summed E-state index contributed by atoms with van der Waals surface area (Å²) in [6.45, 7) is 4.13. The summed E-state index contributed by atoms with van der Waals surface area (Å²) in [6, 6.07) is 4.33. The van der Waals surface area contributed by atoms with Gasteiger partial charge < -0.3 is 9.80 Å². The number of halogens is 3. The number of aromatic nitrogens is 2. The second-order valence-electron chi connectivity index (χ2n) is 5.46. The van der Waals surface area contributed by atoms with Gasteiger partial charge in [0.2, 0.25) is 5.13 Å². The normalized spacial score (nSPS) is 15.7. The van der Waals surface area contributed by atoms with Gasteiger partial charge in [-0.1, -0.05) is 11.3 Å². The van der Waals surface area contributed by atoms with Crippen molar-refractivity contribution in [3.8, 4) is 0 Å². The van der Waals surface area contributed by atoms with E-state index in [2.05, 4.69) is 15.1 Å². The standard InChI is InChI=1S/C15H15F3N4OS/c1-10-19-20-14(24-10)22-8-6-21(7-9-22)13(23)11-2-4-12(5-3-11)15(16,17)18/h2-5H,6-9H2,1H3. The molecule has 1 aromatic carbocycles. The fourth-order valence-corrected chi connectivity index (χ4v) is 3.24. The van der Waals surface area contributed by atoms with Crippen LogP contribution in [0.4, 0.5) is 18.3 Å². The largest absolute Gasteiger partial charge is 0.416 e. The number of carbonyl (C=O) groups is 1. The Labute approximate surface area is 140 Å². The van der Waals surface area contributed by atoms with Crippen molar-refractivity contribution in [2.24, 2.45) is 0 Å². The second kappa shape index (κ2) is 6.39. The van der Waals surface area contributed by atoms with Gasteiger partial charge in [0.1, 0.15) is 5.01 Å². The first-order chi connectivity index (χ1) is 11.3. The van der Waals surface area contributed by atoms with E-state index in [9.17, 15) is 18.0 Å². The lowest BCUT2D eigenvalue weighted by atomic mass is 10.1. The van der Waals surface area contributed by atoms with Crippen LogP contribution in [-0.2, 0) is 6.18 Å². The van der Waals surface area contributed by atoms with Crippen LogP contribution in [-0.4, -0.2) is 47.2 Å². The molecule has 1 amide bonds. The summed E-state index contributed by atoms with van der Waals surface area (Å²) < 4.78 is 37.7. The number of nitrogens with zero attached hydrogens (tertiary/aromatic N) is 4. The number of piperazine rings is 1. The highest BCUT2D eigenvalue weighted by atomic mass is 32.1. The molecule has 0 N–H and O–H groups in total. The number of carbonyl (C=O) groups excluding carboxylic acids is 1. The Hall–Kier alpha value is -2.16. The minimum atomic E-state index is -4.40. The van der Waals surface area contributed by atoms with Gasteiger partial charge in [0.05, 0.1) is 5.56 Å². The molecule has 128 valence electrons. The molecule has 1 aromatic heterocycles. The molecule has 0 atom stereocenters. The molecule has 1 fully saturated rings. The van der Waals surface area contributed by atoms with E-state index in [1.807, 2.05) is 6.92 Å². The first-order valence-electron chi connectivity index (χ1n) is 7.36. The summed E-state index contributed by atoms with van der Waals surface area (Å²) in [5, 5.41) is 9.77. The van der Waals surface area contributed by atoms with Gasteiger partial charge in [-0.05, 0) is 31.2 Å². The summed E-state index contributed by atoms with van der Waals surface area (Å²) in [4.78, 5) is 16.1. The first kappa shape index (κ1) is 16.7. The third kappa shape index (κ3) is 3.50. The Bertz CT molecular complexity index is 721. The summed E-state index contributed by atoms with van der Waals surface area (Å²) in [6.07, 6.45) is -4.40. The van der Waals surface area contributed by atoms with Crippen molar-refractivity contribution in [1.82, 2.24) is 15.1 Å². The number of anilines is 1. The van der Waals surface area contributed by atoms with E-state index in [-0.39, 0.29) is 11.5 Å². The lowest BCUT2D eigenvalue weighted by Gasteiger charge is -2.34. The average Bonchev–Trinajstić information content (AvgIpc) is 3.00. The quantitative estimate of drug-likeness (QED) is 0.830. The van der Waals surface area contributed by atoms with Gasteiger partial charge in [0, 0.05) is 31.7 Å². The zero-order valence-electron chi connectivity index (χ0n) is 12.9. The predicted molar refractivity (Wildman–Crippen MR) is 84.2 cm³/mol. The third-order valence-electron chi connectivity index (χ3n) is 3.81. The average molecular weight is 356 g/mol. The molecule has 0 saturated carbocycles. The van der Waals surface area contributed by atoms with Crippen LogP contribution in [0.5, 0.6) is 0 Å². The second-order valence-corrected chi connectivity index (χ2v) is 6.62. The zero-order chi connectivity index (χ0) is 17.3. The summed E-state index contributed by atoms with van der Waals surface area (Å²) in [5.41, 5.74) is -0.487. The molecule has 5 nitrogen and oxygen atoms in total. The van der Waals surface area contributed by atoms with Crippen LogP contribution in [0.3, 0.4) is 0 Å². The van der Waals surface area contributed by atoms with Crippen LogP contribution in [0.25, 0.3) is 0 Å². The molecule has 0 bridgehead atoms. The van der Waals surface area contributed by atoms with E-state index in [0.29, 0.717) is 26.2 Å². The zero-order valence-corrected chi connectivity index (χ0v) is 13.7. The number of benzene rings is 1. The Balaban J connectivity index is 1.63. The molecule has 2 heterocycles. The van der Waals surface area contributed by atoms with Crippen molar-refractivity contribution in [2.75, 3.05) is 31.1 Å². The van der Waals surface area contributed by atoms with Crippen LogP contribution in [0.1, 0.15) is 20.9 Å². The monoisotopic (exact) mass is 356 g/mol. The lowest BCUT2D eigenvalue weighted by Crippen LogP contribution is -2.48. The van der Waals surface area contributed by atoms with E-state index in [4.69, 9.17) is 0 Å². The smallest absolute Gasteiger partial charge is 0.343 e. The topological polar surface area (TPSA) is 49.3 Å². The van der Waals surface area contributed by atoms with E-state index >= 15 is 0 Å². The van der Waals surface area contributed by atoms with E-state index < -0.39 is 11.7 Å². The number of amides is 1. The molecule has 0 unspecified atom stereocenters. The van der Waals surface area contributed by atoms with Crippen molar-refractivity contribution in [3.05, 3.63) is 40.4 Å². The molecule has 0 aliphatic carbocycles. The van der Waals surface area contributed by atoms with Crippen molar-refractivity contribution >= 4 is 22.4 Å². The maximum Gasteiger partial charge on any atom is 0.416 e. The van der Waals surface area contributed by atoms with Crippen LogP contribution in [0.15, 0.2) is 24.3 Å². The van der Waals surface area contributed by atoms with Gasteiger partial charge in [-0.15, -0.1) is 10.2 Å². The third-order valence-corrected chi connectivity index (χ3v) is 4.71. The van der Waals surface area contributed by atoms with Gasteiger partial charge in [-0.2, -0.15) is 13.2 Å². The number of hydrogen-bond donors (Lipinski definition) is 0. The van der Waals surface area contributed by atoms with Crippen molar-refractivity contribution in [2.45, 2.75) is 13.1 Å². The molecular formula is C15H15F3N4OS. The lowest BCUT2D eigenvalue weighted by molar-refractivity contribution is -0.137. The fraction of sp³-hybridized carbons (Fsp3) is 0.400. The van der Waals surface area contributed by atoms with Crippen LogP contribution < -0.4 is 4.90 Å². The minimum Gasteiger partial charge on any atom is -0.343 e. The number of hydrogen-bond acceptors (Lipinski definition) is 5. The van der Waals surface area contributed by atoms with Crippen molar-refractivity contribution in [1.29, 1.82) is 0 Å². The Morgan fingerprint density at radius 3 is 2.21 bits per heavy atom. The molecule has 24 heavy (non-hydrogen) atoms. The minimum absolute atomic E-state index is 0.253. The molecule has 1 aliphatic heterocycles. The molecule has 3 rings (SSSR count). The molecule has 1 saturated heterocycles. The van der Waals surface area contributed by atoms with Crippen LogP contribution >= 0.6 is 11.3 Å². The van der Waals surface area contributed by atoms with Crippen molar-refractivity contribution < 1.29 is 18.0 Å². The molecule has 0 radical (unpaired) electrons. The van der Waals surface area contributed by atoms with Crippen LogP contribution in [0.2, 0.25) is 0 Å². The van der Waals surface area contributed by atoms with E-state index in [1.54, 1.807) is 4.90 Å². The Kier molecular flexibility index (Phi) is 4.44. The van der Waals surface area contributed by atoms with Gasteiger partial charge >= 0.3 is 6.18 Å². The molecule has 9 heteroatoms. The van der Waals surface area contributed by atoms with E-state index in [0.717, 1.165) is 22.3 Å². The summed E-state index contributed by atoms with van der Waals surface area (Å²) >= 11 is 1.50. The fourth-order valence-electron chi connectivity index (χ4n) is 2.50. The maximum absolute atomic E-state index is 12.6. The van der Waals surface area contributed by atoms with Gasteiger partial charge in [0.25, 0.3) is 5.91 Å². The van der Waals surface area contributed by atoms with Crippen molar-refractivity contribution in [3.63, 3.8) is 0 Å². The van der Waals surface area contributed by atoms with E-state index in [1.165, 1.54) is 23.5 Å². The highest BCUT2D eigenvalue weighted by Gasteiger charge is 2.31. The molecule has 2 aromatic rings. The van der Waals surface area contributed by atoms with Gasteiger partial charge in [-0.25, -0.2) is 0 Å². The highest BCUT2D eigenvalue weighted by molar-refractivity contribution is 7.15. The molecule has 0 spiro atoms.